The second kappa shape index (κ2) is 4.25. The molecule has 90 valence electrons. The van der Waals surface area contributed by atoms with Crippen LogP contribution >= 0.6 is 23.2 Å². The number of hydrogen-bond acceptors (Lipinski definition) is 1. The topological polar surface area (TPSA) is 9.23 Å². The van der Waals surface area contributed by atoms with Gasteiger partial charge in [-0.25, -0.2) is 0 Å². The highest BCUT2D eigenvalue weighted by Crippen LogP contribution is 2.37. The molecule has 0 fully saturated rings. The number of alkyl halides is 6. The molecule has 0 aliphatic carbocycles. The lowest BCUT2D eigenvalue weighted by Crippen LogP contribution is -2.16. The van der Waals surface area contributed by atoms with E-state index in [0.717, 1.165) is 12.1 Å². The zero-order valence-electron chi connectivity index (χ0n) is 7.29. The monoisotopic (exact) mass is 280 g/mol. The molecule has 0 aliphatic rings. The Bertz CT molecular complexity index is 385. The van der Waals surface area contributed by atoms with E-state index in [1.54, 1.807) is 0 Å². The molecule has 0 N–H and O–H groups in total. The lowest BCUT2D eigenvalue weighted by molar-refractivity contribution is -0.138. The van der Waals surface area contributed by atoms with Crippen molar-refractivity contribution in [2.45, 2.75) is 11.7 Å². The van der Waals surface area contributed by atoms with E-state index >= 15 is 0 Å². The summed E-state index contributed by atoms with van der Waals surface area (Å²) in [4.78, 5) is 0. The number of hydrogen-bond donors (Lipinski definition) is 0. The fraction of sp³-hybridized carbons (Fsp3) is 0.250. The molecule has 0 spiro atoms. The summed E-state index contributed by atoms with van der Waals surface area (Å²) in [5.74, 6) is -0.725. The number of halogens is 7. The van der Waals surface area contributed by atoms with Crippen LogP contribution in [0.2, 0.25) is 5.02 Å². The lowest BCUT2D eigenvalue weighted by Gasteiger charge is -2.13. The molecule has 0 amide bonds. The minimum Gasteiger partial charge on any atom is -0.420 e. The summed E-state index contributed by atoms with van der Waals surface area (Å²) in [5.41, 5.74) is -5.34. The van der Waals surface area contributed by atoms with Crippen LogP contribution in [-0.4, -0.2) is 5.57 Å². The maximum atomic E-state index is 12.3. The van der Waals surface area contributed by atoms with Gasteiger partial charge in [0.15, 0.2) is 0 Å². The molecule has 0 saturated heterocycles. The highest BCUT2D eigenvalue weighted by Gasteiger charge is 2.35. The third-order valence-corrected chi connectivity index (χ3v) is 1.88. The molecule has 1 rings (SSSR count). The second-order valence-electron chi connectivity index (χ2n) is 2.69. The Morgan fingerprint density at radius 2 is 1.62 bits per heavy atom. The van der Waals surface area contributed by atoms with E-state index in [2.05, 4.69) is 16.3 Å². The van der Waals surface area contributed by atoms with Crippen molar-refractivity contribution < 1.29 is 26.7 Å². The average Bonchev–Trinajstić information content (AvgIpc) is 2.04. The number of benzene rings is 1. The van der Waals surface area contributed by atoms with Crippen molar-refractivity contribution in [2.24, 2.45) is 0 Å². The van der Waals surface area contributed by atoms with E-state index in [0.29, 0.717) is 6.07 Å². The van der Waals surface area contributed by atoms with E-state index in [1.165, 1.54) is 0 Å². The minimum atomic E-state index is -4.75. The van der Waals surface area contributed by atoms with Gasteiger partial charge in [0.2, 0.25) is 0 Å². The van der Waals surface area contributed by atoms with Crippen molar-refractivity contribution in [2.75, 3.05) is 0 Å². The van der Waals surface area contributed by atoms with Gasteiger partial charge in [0.25, 0.3) is 0 Å². The van der Waals surface area contributed by atoms with Crippen LogP contribution in [-0.2, 0) is 6.18 Å². The standard InChI is InChI=1S/C8H3Cl2F5O/c9-6-2-1-4(16-8(10,14)15)3-5(6)7(11,12)13/h1-3H. The summed E-state index contributed by atoms with van der Waals surface area (Å²) >= 11 is 9.66. The highest BCUT2D eigenvalue weighted by atomic mass is 35.5. The average molecular weight is 281 g/mol. The molecule has 0 saturated carbocycles. The van der Waals surface area contributed by atoms with Gasteiger partial charge in [-0.15, -0.1) is 8.78 Å². The van der Waals surface area contributed by atoms with E-state index in [1.807, 2.05) is 0 Å². The van der Waals surface area contributed by atoms with E-state index in [4.69, 9.17) is 11.6 Å². The normalized spacial score (nSPS) is 12.7. The van der Waals surface area contributed by atoms with E-state index < -0.39 is 28.1 Å². The first-order chi connectivity index (χ1) is 7.09. The Hall–Kier alpha value is -0.750. The molecular formula is C8H3Cl2F5O. The molecule has 0 unspecified atom stereocenters. The SMILES string of the molecule is FC(F)(Cl)Oc1ccc(Cl)c(C(F)(F)F)c1. The highest BCUT2D eigenvalue weighted by molar-refractivity contribution is 6.31. The van der Waals surface area contributed by atoms with Crippen LogP contribution in [0.1, 0.15) is 5.56 Å². The van der Waals surface area contributed by atoms with Crippen LogP contribution in [0.25, 0.3) is 0 Å². The van der Waals surface area contributed by atoms with Gasteiger partial charge in [-0.2, -0.15) is 13.2 Å². The molecular weight excluding hydrogens is 278 g/mol. The zero-order chi connectivity index (χ0) is 12.6. The predicted octanol–water partition coefficient (Wildman–Crippen LogP) is 4.53. The van der Waals surface area contributed by atoms with Crippen molar-refractivity contribution in [1.29, 1.82) is 0 Å². The maximum absolute atomic E-state index is 12.3. The van der Waals surface area contributed by atoms with Crippen LogP contribution in [0, 0.1) is 0 Å². The third kappa shape index (κ3) is 3.68. The van der Waals surface area contributed by atoms with Crippen LogP contribution in [0.3, 0.4) is 0 Å². The number of ether oxygens (including phenoxy) is 1. The first kappa shape index (κ1) is 13.3. The van der Waals surface area contributed by atoms with Crippen LogP contribution < -0.4 is 4.74 Å². The Morgan fingerprint density at radius 1 is 1.06 bits per heavy atom. The molecule has 0 bridgehead atoms. The molecule has 0 radical (unpaired) electrons. The molecule has 0 heterocycles. The van der Waals surface area contributed by atoms with Gasteiger partial charge in [0.1, 0.15) is 5.75 Å². The van der Waals surface area contributed by atoms with Crippen molar-refractivity contribution in [3.8, 4) is 5.75 Å². The largest absolute Gasteiger partial charge is 0.487 e. The first-order valence-electron chi connectivity index (χ1n) is 3.72. The summed E-state index contributed by atoms with van der Waals surface area (Å²) in [6.45, 7) is 0. The molecule has 0 aliphatic heterocycles. The predicted molar refractivity (Wildman–Crippen MR) is 47.9 cm³/mol. The molecule has 1 aromatic rings. The van der Waals surface area contributed by atoms with Gasteiger partial charge >= 0.3 is 11.7 Å². The first-order valence-corrected chi connectivity index (χ1v) is 4.48. The Balaban J connectivity index is 3.09. The van der Waals surface area contributed by atoms with Crippen molar-refractivity contribution in [3.63, 3.8) is 0 Å². The van der Waals surface area contributed by atoms with Crippen LogP contribution in [0.5, 0.6) is 5.75 Å². The van der Waals surface area contributed by atoms with E-state index in [9.17, 15) is 22.0 Å². The van der Waals surface area contributed by atoms with Gasteiger partial charge in [0.05, 0.1) is 10.6 Å². The summed E-state index contributed by atoms with van der Waals surface area (Å²) in [6.07, 6.45) is -4.75. The Labute approximate surface area is 96.7 Å². The smallest absolute Gasteiger partial charge is 0.420 e. The zero-order valence-corrected chi connectivity index (χ0v) is 8.80. The van der Waals surface area contributed by atoms with Gasteiger partial charge in [0, 0.05) is 11.6 Å². The fourth-order valence-electron chi connectivity index (χ4n) is 0.919. The van der Waals surface area contributed by atoms with Crippen LogP contribution in [0.15, 0.2) is 18.2 Å². The maximum Gasteiger partial charge on any atom is 0.487 e. The molecule has 0 aromatic heterocycles. The van der Waals surface area contributed by atoms with Gasteiger partial charge < -0.3 is 4.74 Å². The van der Waals surface area contributed by atoms with Crippen molar-refractivity contribution in [3.05, 3.63) is 28.8 Å². The Morgan fingerprint density at radius 3 is 2.06 bits per heavy atom. The third-order valence-electron chi connectivity index (χ3n) is 1.48. The fourth-order valence-corrected chi connectivity index (χ4v) is 1.23. The lowest BCUT2D eigenvalue weighted by atomic mass is 10.2. The summed E-state index contributed by atoms with van der Waals surface area (Å²) in [7, 11) is 0. The summed E-state index contributed by atoms with van der Waals surface area (Å²) in [5, 5.41) is -0.613. The molecule has 1 nitrogen and oxygen atoms in total. The molecule has 1 aromatic carbocycles. The summed E-state index contributed by atoms with van der Waals surface area (Å²) in [6, 6.07) is 1.99. The second-order valence-corrected chi connectivity index (χ2v) is 3.53. The van der Waals surface area contributed by atoms with Crippen LogP contribution in [0.4, 0.5) is 22.0 Å². The van der Waals surface area contributed by atoms with Gasteiger partial charge in [-0.3, -0.25) is 0 Å². The van der Waals surface area contributed by atoms with Gasteiger partial charge in [-0.05, 0) is 18.2 Å². The quantitative estimate of drug-likeness (QED) is 0.571. The Kier molecular flexibility index (Phi) is 3.54. The molecule has 8 heteroatoms. The van der Waals surface area contributed by atoms with Crippen molar-refractivity contribution >= 4 is 23.2 Å². The molecule has 16 heavy (non-hydrogen) atoms. The summed E-state index contributed by atoms with van der Waals surface area (Å²) < 4.78 is 65.0. The minimum absolute atomic E-state index is 0.346. The number of rotatable bonds is 2. The molecule has 0 atom stereocenters. The van der Waals surface area contributed by atoms with Crippen molar-refractivity contribution in [1.82, 2.24) is 0 Å². The van der Waals surface area contributed by atoms with Gasteiger partial charge in [-0.1, -0.05) is 11.6 Å². The van der Waals surface area contributed by atoms with E-state index in [-0.39, 0.29) is 0 Å².